The number of anilines is 1. The van der Waals surface area contributed by atoms with Gasteiger partial charge in [0.2, 0.25) is 0 Å². The number of aryl methyl sites for hydroxylation is 2. The molecule has 0 saturated heterocycles. The van der Waals surface area contributed by atoms with Crippen molar-refractivity contribution in [2.45, 2.75) is 19.9 Å². The van der Waals surface area contributed by atoms with E-state index >= 15 is 0 Å². The topological polar surface area (TPSA) is 77.0 Å². The molecule has 4 heteroatoms. The first kappa shape index (κ1) is 12.5. The lowest BCUT2D eigenvalue weighted by atomic mass is 9.95. The first-order valence-corrected chi connectivity index (χ1v) is 5.87. The number of nitrogens with zero attached hydrogens (tertiary/aromatic N) is 1. The van der Waals surface area contributed by atoms with Crippen LogP contribution in [0.5, 0.6) is 0 Å². The van der Waals surface area contributed by atoms with E-state index in [1.54, 1.807) is 6.20 Å². The molecule has 2 rings (SSSR count). The summed E-state index contributed by atoms with van der Waals surface area (Å²) in [6, 6.07) is 9.98. The molecule has 0 radical (unpaired) electrons. The number of benzene rings is 1. The zero-order chi connectivity index (χ0) is 13.1. The van der Waals surface area contributed by atoms with Gasteiger partial charge in [-0.05, 0) is 31.0 Å². The fraction of sp³-hybridized carbons (Fsp3) is 0.214. The van der Waals surface area contributed by atoms with E-state index in [0.717, 1.165) is 16.7 Å². The maximum atomic E-state index is 5.97. The average Bonchev–Trinajstić information content (AvgIpc) is 2.34. The maximum absolute atomic E-state index is 5.97. The molecule has 0 aliphatic rings. The van der Waals surface area contributed by atoms with Crippen LogP contribution in [-0.4, -0.2) is 4.98 Å². The van der Waals surface area contributed by atoms with Crippen LogP contribution in [0.1, 0.15) is 28.3 Å². The summed E-state index contributed by atoms with van der Waals surface area (Å²) < 4.78 is 0. The van der Waals surface area contributed by atoms with Gasteiger partial charge < -0.3 is 5.73 Å². The third-order valence-corrected chi connectivity index (χ3v) is 3.07. The molecule has 2 aromatic rings. The van der Waals surface area contributed by atoms with Crippen molar-refractivity contribution < 1.29 is 0 Å². The Morgan fingerprint density at radius 1 is 1.22 bits per heavy atom. The molecule has 0 aliphatic heterocycles. The summed E-state index contributed by atoms with van der Waals surface area (Å²) in [5.74, 6) is 6.20. The Morgan fingerprint density at radius 2 is 2.00 bits per heavy atom. The SMILES string of the molecule is Cc1cccc(C(NN)c2c(C)ccnc2N)c1. The Labute approximate surface area is 107 Å². The maximum Gasteiger partial charge on any atom is 0.128 e. The molecule has 1 unspecified atom stereocenters. The fourth-order valence-electron chi connectivity index (χ4n) is 2.16. The molecule has 94 valence electrons. The molecule has 4 nitrogen and oxygen atoms in total. The van der Waals surface area contributed by atoms with E-state index < -0.39 is 0 Å². The van der Waals surface area contributed by atoms with Gasteiger partial charge in [0.05, 0.1) is 6.04 Å². The number of nitrogens with one attached hydrogen (secondary N) is 1. The van der Waals surface area contributed by atoms with E-state index in [4.69, 9.17) is 11.6 Å². The summed E-state index contributed by atoms with van der Waals surface area (Å²) >= 11 is 0. The Hall–Kier alpha value is -1.91. The third-order valence-electron chi connectivity index (χ3n) is 3.07. The predicted octanol–water partition coefficient (Wildman–Crippen LogP) is 1.83. The highest BCUT2D eigenvalue weighted by Crippen LogP contribution is 2.28. The molecular formula is C14H18N4. The van der Waals surface area contributed by atoms with Gasteiger partial charge >= 0.3 is 0 Å². The van der Waals surface area contributed by atoms with Gasteiger partial charge in [0.1, 0.15) is 5.82 Å². The number of pyridine rings is 1. The van der Waals surface area contributed by atoms with Crippen molar-refractivity contribution in [3.8, 4) is 0 Å². The summed E-state index contributed by atoms with van der Waals surface area (Å²) in [4.78, 5) is 4.14. The van der Waals surface area contributed by atoms with Crippen LogP contribution in [0, 0.1) is 13.8 Å². The van der Waals surface area contributed by atoms with Crippen LogP contribution in [0.4, 0.5) is 5.82 Å². The van der Waals surface area contributed by atoms with Gasteiger partial charge in [-0.25, -0.2) is 10.4 Å². The van der Waals surface area contributed by atoms with Crippen LogP contribution in [0.3, 0.4) is 0 Å². The smallest absolute Gasteiger partial charge is 0.128 e. The van der Waals surface area contributed by atoms with E-state index in [0.29, 0.717) is 5.82 Å². The zero-order valence-corrected chi connectivity index (χ0v) is 10.6. The zero-order valence-electron chi connectivity index (χ0n) is 10.6. The number of hydrazine groups is 1. The van der Waals surface area contributed by atoms with Gasteiger partial charge in [-0.2, -0.15) is 0 Å². The van der Waals surface area contributed by atoms with E-state index in [1.807, 2.05) is 25.1 Å². The molecule has 18 heavy (non-hydrogen) atoms. The quantitative estimate of drug-likeness (QED) is 0.567. The molecule has 0 spiro atoms. The normalized spacial score (nSPS) is 12.4. The van der Waals surface area contributed by atoms with E-state index in [-0.39, 0.29) is 6.04 Å². The van der Waals surface area contributed by atoms with Gasteiger partial charge in [-0.1, -0.05) is 29.8 Å². The molecule has 1 heterocycles. The standard InChI is InChI=1S/C14H18N4/c1-9-4-3-5-11(8-9)13(18-16)12-10(2)6-7-17-14(12)15/h3-8,13,18H,16H2,1-2H3,(H2,15,17). The van der Waals surface area contributed by atoms with Crippen molar-refractivity contribution in [2.75, 3.05) is 5.73 Å². The molecule has 1 aromatic heterocycles. The van der Waals surface area contributed by atoms with Crippen molar-refractivity contribution in [1.82, 2.24) is 10.4 Å². The Morgan fingerprint density at radius 3 is 2.61 bits per heavy atom. The largest absolute Gasteiger partial charge is 0.383 e. The van der Waals surface area contributed by atoms with Crippen LogP contribution in [0.2, 0.25) is 0 Å². The monoisotopic (exact) mass is 242 g/mol. The Kier molecular flexibility index (Phi) is 3.60. The summed E-state index contributed by atoms with van der Waals surface area (Å²) in [5.41, 5.74) is 13.1. The molecule has 0 saturated carbocycles. The van der Waals surface area contributed by atoms with Crippen LogP contribution < -0.4 is 17.0 Å². The number of aromatic nitrogens is 1. The fourth-order valence-corrected chi connectivity index (χ4v) is 2.16. The minimum atomic E-state index is -0.140. The number of nitrogens with two attached hydrogens (primary N) is 2. The van der Waals surface area contributed by atoms with Crippen LogP contribution in [-0.2, 0) is 0 Å². The highest BCUT2D eigenvalue weighted by atomic mass is 15.2. The van der Waals surface area contributed by atoms with Gasteiger partial charge in [0, 0.05) is 11.8 Å². The lowest BCUT2D eigenvalue weighted by molar-refractivity contribution is 0.633. The molecule has 0 amide bonds. The second kappa shape index (κ2) is 5.16. The van der Waals surface area contributed by atoms with Gasteiger partial charge in [-0.3, -0.25) is 5.84 Å². The van der Waals surface area contributed by atoms with E-state index in [1.165, 1.54) is 5.56 Å². The molecule has 0 bridgehead atoms. The summed E-state index contributed by atoms with van der Waals surface area (Å²) in [5, 5.41) is 0. The van der Waals surface area contributed by atoms with Crippen LogP contribution in [0.25, 0.3) is 0 Å². The first-order valence-electron chi connectivity index (χ1n) is 5.87. The number of rotatable bonds is 3. The lowest BCUT2D eigenvalue weighted by Crippen LogP contribution is -2.30. The third kappa shape index (κ3) is 2.34. The highest BCUT2D eigenvalue weighted by Gasteiger charge is 2.18. The van der Waals surface area contributed by atoms with Gasteiger partial charge in [-0.15, -0.1) is 0 Å². The van der Waals surface area contributed by atoms with Crippen molar-refractivity contribution in [3.63, 3.8) is 0 Å². The molecule has 5 N–H and O–H groups in total. The Bertz CT molecular complexity index is 531. The van der Waals surface area contributed by atoms with Crippen molar-refractivity contribution in [2.24, 2.45) is 5.84 Å². The average molecular weight is 242 g/mol. The van der Waals surface area contributed by atoms with Crippen LogP contribution >= 0.6 is 0 Å². The second-order valence-corrected chi connectivity index (χ2v) is 4.44. The first-order chi connectivity index (χ1) is 8.63. The molecule has 1 atom stereocenters. The minimum Gasteiger partial charge on any atom is -0.383 e. The molecular weight excluding hydrogens is 224 g/mol. The van der Waals surface area contributed by atoms with E-state index in [2.05, 4.69) is 29.5 Å². The Balaban J connectivity index is 2.52. The van der Waals surface area contributed by atoms with Gasteiger partial charge in [0.25, 0.3) is 0 Å². The van der Waals surface area contributed by atoms with Crippen molar-refractivity contribution in [1.29, 1.82) is 0 Å². The van der Waals surface area contributed by atoms with E-state index in [9.17, 15) is 0 Å². The highest BCUT2D eigenvalue weighted by molar-refractivity contribution is 5.50. The lowest BCUT2D eigenvalue weighted by Gasteiger charge is -2.20. The summed E-state index contributed by atoms with van der Waals surface area (Å²) in [7, 11) is 0. The number of hydrogen-bond acceptors (Lipinski definition) is 4. The molecule has 0 aliphatic carbocycles. The number of nitrogen functional groups attached to an aromatic ring is 1. The molecule has 1 aromatic carbocycles. The molecule has 0 fully saturated rings. The summed E-state index contributed by atoms with van der Waals surface area (Å²) in [6.45, 7) is 4.06. The summed E-state index contributed by atoms with van der Waals surface area (Å²) in [6.07, 6.45) is 1.71. The predicted molar refractivity (Wildman–Crippen MR) is 73.7 cm³/mol. The minimum absolute atomic E-state index is 0.140. The van der Waals surface area contributed by atoms with Gasteiger partial charge in [0.15, 0.2) is 0 Å². The second-order valence-electron chi connectivity index (χ2n) is 4.44. The van der Waals surface area contributed by atoms with Crippen molar-refractivity contribution in [3.05, 3.63) is 58.8 Å². The van der Waals surface area contributed by atoms with Crippen LogP contribution in [0.15, 0.2) is 36.5 Å². The van der Waals surface area contributed by atoms with Crippen molar-refractivity contribution >= 4 is 5.82 Å². The number of hydrogen-bond donors (Lipinski definition) is 3.